The van der Waals surface area contributed by atoms with E-state index >= 15 is 0 Å². The maximum absolute atomic E-state index is 12.6. The van der Waals surface area contributed by atoms with E-state index in [0.29, 0.717) is 13.2 Å². The van der Waals surface area contributed by atoms with Gasteiger partial charge in [-0.15, -0.1) is 0 Å². The third kappa shape index (κ3) is 3.77. The zero-order chi connectivity index (χ0) is 16.9. The maximum Gasteiger partial charge on any atom is 0.226 e. The van der Waals surface area contributed by atoms with Crippen LogP contribution in [0.2, 0.25) is 0 Å². The molecule has 126 valence electrons. The van der Waals surface area contributed by atoms with Crippen molar-refractivity contribution in [1.29, 1.82) is 0 Å². The molecule has 0 aromatic heterocycles. The minimum atomic E-state index is -0.176. The highest BCUT2D eigenvalue weighted by atomic mass is 16.5. The van der Waals surface area contributed by atoms with Crippen molar-refractivity contribution in [2.24, 2.45) is 5.92 Å². The summed E-state index contributed by atoms with van der Waals surface area (Å²) in [7, 11) is 1.65. The number of hydrogen-bond donors (Lipinski definition) is 1. The topological polar surface area (TPSA) is 47.6 Å². The SMILES string of the molecule is COc1ccc([C@@H](NC(=O)[C@@H]2CCOC2)c2ccc(C)cc2)cc1. The highest BCUT2D eigenvalue weighted by molar-refractivity contribution is 5.80. The number of rotatable bonds is 5. The van der Waals surface area contributed by atoms with E-state index in [1.54, 1.807) is 7.11 Å². The standard InChI is InChI=1S/C20H23NO3/c1-14-3-5-15(6-4-14)19(16-7-9-18(23-2)10-8-16)21-20(22)17-11-12-24-13-17/h3-10,17,19H,11-13H2,1-2H3,(H,21,22)/t17-,19+/m1/s1. The fourth-order valence-corrected chi connectivity index (χ4v) is 2.92. The van der Waals surface area contributed by atoms with Gasteiger partial charge in [0.05, 0.1) is 25.7 Å². The zero-order valence-electron chi connectivity index (χ0n) is 14.1. The van der Waals surface area contributed by atoms with Gasteiger partial charge in [0.25, 0.3) is 0 Å². The van der Waals surface area contributed by atoms with Crippen LogP contribution in [0.3, 0.4) is 0 Å². The first-order valence-corrected chi connectivity index (χ1v) is 8.26. The molecule has 4 heteroatoms. The zero-order valence-corrected chi connectivity index (χ0v) is 14.1. The van der Waals surface area contributed by atoms with Gasteiger partial charge in [-0.25, -0.2) is 0 Å². The summed E-state index contributed by atoms with van der Waals surface area (Å²) >= 11 is 0. The second kappa shape index (κ2) is 7.49. The minimum absolute atomic E-state index is 0.0499. The van der Waals surface area contributed by atoms with Crippen molar-refractivity contribution in [2.45, 2.75) is 19.4 Å². The molecular formula is C20H23NO3. The third-order valence-electron chi connectivity index (χ3n) is 4.45. The molecule has 2 aromatic rings. The lowest BCUT2D eigenvalue weighted by Crippen LogP contribution is -2.34. The molecule has 1 saturated heterocycles. The highest BCUT2D eigenvalue weighted by Gasteiger charge is 2.26. The molecule has 0 radical (unpaired) electrons. The average Bonchev–Trinajstić information content (AvgIpc) is 3.15. The number of carbonyl (C=O) groups is 1. The van der Waals surface area contributed by atoms with Crippen molar-refractivity contribution >= 4 is 5.91 Å². The molecule has 1 aliphatic rings. The predicted molar refractivity (Wildman–Crippen MR) is 93.1 cm³/mol. The smallest absolute Gasteiger partial charge is 0.226 e. The number of hydrogen-bond acceptors (Lipinski definition) is 3. The summed E-state index contributed by atoms with van der Waals surface area (Å²) in [6.07, 6.45) is 0.787. The fraction of sp³-hybridized carbons (Fsp3) is 0.350. The van der Waals surface area contributed by atoms with Crippen molar-refractivity contribution in [2.75, 3.05) is 20.3 Å². The first kappa shape index (κ1) is 16.5. The van der Waals surface area contributed by atoms with Crippen LogP contribution in [0.5, 0.6) is 5.75 Å². The van der Waals surface area contributed by atoms with E-state index in [-0.39, 0.29) is 17.9 Å². The van der Waals surface area contributed by atoms with Crippen LogP contribution >= 0.6 is 0 Å². The monoisotopic (exact) mass is 325 g/mol. The average molecular weight is 325 g/mol. The van der Waals surface area contributed by atoms with E-state index in [2.05, 4.69) is 36.5 Å². The number of carbonyl (C=O) groups excluding carboxylic acids is 1. The van der Waals surface area contributed by atoms with Gasteiger partial charge in [0, 0.05) is 6.61 Å². The van der Waals surface area contributed by atoms with E-state index in [1.165, 1.54) is 5.56 Å². The fourth-order valence-electron chi connectivity index (χ4n) is 2.92. The summed E-state index contributed by atoms with van der Waals surface area (Å²) in [5, 5.41) is 3.19. The molecule has 0 aliphatic carbocycles. The van der Waals surface area contributed by atoms with Gasteiger partial charge in [-0.3, -0.25) is 4.79 Å². The molecule has 1 fully saturated rings. The molecule has 1 N–H and O–H groups in total. The van der Waals surface area contributed by atoms with E-state index < -0.39 is 0 Å². The van der Waals surface area contributed by atoms with Gasteiger partial charge in [-0.05, 0) is 36.6 Å². The summed E-state index contributed by atoms with van der Waals surface area (Å²) in [5.74, 6) is 0.794. The van der Waals surface area contributed by atoms with Crippen LogP contribution in [-0.2, 0) is 9.53 Å². The van der Waals surface area contributed by atoms with Crippen LogP contribution in [0.15, 0.2) is 48.5 Å². The Balaban J connectivity index is 1.87. The molecule has 0 bridgehead atoms. The Morgan fingerprint density at radius 1 is 1.12 bits per heavy atom. The number of methoxy groups -OCH3 is 1. The van der Waals surface area contributed by atoms with E-state index in [9.17, 15) is 4.79 Å². The summed E-state index contributed by atoms with van der Waals surface area (Å²) in [5.41, 5.74) is 3.30. The van der Waals surface area contributed by atoms with Gasteiger partial charge in [0.15, 0.2) is 0 Å². The summed E-state index contributed by atoms with van der Waals surface area (Å²) in [4.78, 5) is 12.6. The first-order chi connectivity index (χ1) is 11.7. The highest BCUT2D eigenvalue weighted by Crippen LogP contribution is 2.26. The minimum Gasteiger partial charge on any atom is -0.497 e. The lowest BCUT2D eigenvalue weighted by Gasteiger charge is -2.22. The summed E-state index contributed by atoms with van der Waals surface area (Å²) in [6.45, 7) is 3.23. The number of ether oxygens (including phenoxy) is 2. The Labute approximate surface area is 142 Å². The van der Waals surface area contributed by atoms with Crippen molar-refractivity contribution in [3.63, 3.8) is 0 Å². The molecule has 1 heterocycles. The lowest BCUT2D eigenvalue weighted by molar-refractivity contribution is -0.125. The summed E-state index contributed by atoms with van der Waals surface area (Å²) in [6, 6.07) is 15.9. The Hall–Kier alpha value is -2.33. The van der Waals surface area contributed by atoms with Gasteiger partial charge >= 0.3 is 0 Å². The quantitative estimate of drug-likeness (QED) is 0.918. The number of amides is 1. The molecule has 0 unspecified atom stereocenters. The maximum atomic E-state index is 12.6. The van der Waals surface area contributed by atoms with E-state index in [4.69, 9.17) is 9.47 Å². The molecule has 0 saturated carbocycles. The van der Waals surface area contributed by atoms with Crippen molar-refractivity contribution in [3.05, 3.63) is 65.2 Å². The normalized spacial score (nSPS) is 18.2. The van der Waals surface area contributed by atoms with Crippen LogP contribution in [0.1, 0.15) is 29.2 Å². The van der Waals surface area contributed by atoms with Gasteiger partial charge in [0.2, 0.25) is 5.91 Å². The van der Waals surface area contributed by atoms with Crippen LogP contribution in [0.25, 0.3) is 0 Å². The molecule has 3 rings (SSSR count). The van der Waals surface area contributed by atoms with Crippen molar-refractivity contribution in [3.8, 4) is 5.75 Å². The largest absolute Gasteiger partial charge is 0.497 e. The Morgan fingerprint density at radius 2 is 1.75 bits per heavy atom. The molecule has 1 aliphatic heterocycles. The predicted octanol–water partition coefficient (Wildman–Crippen LogP) is 3.25. The molecular weight excluding hydrogens is 302 g/mol. The van der Waals surface area contributed by atoms with Crippen LogP contribution in [0, 0.1) is 12.8 Å². The van der Waals surface area contributed by atoms with Crippen LogP contribution in [-0.4, -0.2) is 26.2 Å². The molecule has 2 atom stereocenters. The Morgan fingerprint density at radius 3 is 2.29 bits per heavy atom. The third-order valence-corrected chi connectivity index (χ3v) is 4.45. The van der Waals surface area contributed by atoms with Gasteiger partial charge in [-0.1, -0.05) is 42.0 Å². The van der Waals surface area contributed by atoms with Gasteiger partial charge in [0.1, 0.15) is 5.75 Å². The number of nitrogens with one attached hydrogen (secondary N) is 1. The van der Waals surface area contributed by atoms with Gasteiger partial charge in [-0.2, -0.15) is 0 Å². The van der Waals surface area contributed by atoms with Crippen LogP contribution < -0.4 is 10.1 Å². The van der Waals surface area contributed by atoms with Crippen LogP contribution in [0.4, 0.5) is 0 Å². The van der Waals surface area contributed by atoms with E-state index in [1.807, 2.05) is 24.3 Å². The van der Waals surface area contributed by atoms with E-state index in [0.717, 1.165) is 23.3 Å². The Kier molecular flexibility index (Phi) is 5.16. The Bertz CT molecular complexity index is 673. The van der Waals surface area contributed by atoms with Gasteiger partial charge < -0.3 is 14.8 Å². The molecule has 24 heavy (non-hydrogen) atoms. The molecule has 0 spiro atoms. The molecule has 1 amide bonds. The second-order valence-corrected chi connectivity index (χ2v) is 6.19. The molecule has 2 aromatic carbocycles. The van der Waals surface area contributed by atoms with Crippen molar-refractivity contribution < 1.29 is 14.3 Å². The molecule has 4 nitrogen and oxygen atoms in total. The number of aryl methyl sites for hydroxylation is 1. The first-order valence-electron chi connectivity index (χ1n) is 8.26. The number of benzene rings is 2. The second-order valence-electron chi connectivity index (χ2n) is 6.19. The lowest BCUT2D eigenvalue weighted by atomic mass is 9.96. The summed E-state index contributed by atoms with van der Waals surface area (Å²) < 4.78 is 10.6. The van der Waals surface area contributed by atoms with Crippen molar-refractivity contribution in [1.82, 2.24) is 5.32 Å².